The third-order valence-electron chi connectivity index (χ3n) is 3.77. The van der Waals surface area contributed by atoms with Gasteiger partial charge in [0.15, 0.2) is 0 Å². The molecule has 0 fully saturated rings. The molecule has 0 spiro atoms. The van der Waals surface area contributed by atoms with Gasteiger partial charge in [0, 0.05) is 24.5 Å². The van der Waals surface area contributed by atoms with Crippen molar-refractivity contribution in [2.45, 2.75) is 32.9 Å². The first-order valence-corrected chi connectivity index (χ1v) is 8.49. The summed E-state index contributed by atoms with van der Waals surface area (Å²) in [6.07, 6.45) is 3.21. The summed E-state index contributed by atoms with van der Waals surface area (Å²) in [6, 6.07) is 10.4. The SMILES string of the molecule is CC(C)(C)OC(=O)NCc1ccn2cc(-c3cccc(C(=O)O)c3)nc2c1. The van der Waals surface area contributed by atoms with Crippen LogP contribution in [0.1, 0.15) is 36.7 Å². The van der Waals surface area contributed by atoms with Gasteiger partial charge in [-0.2, -0.15) is 0 Å². The molecule has 7 heteroatoms. The fraction of sp³-hybridized carbons (Fsp3) is 0.250. The summed E-state index contributed by atoms with van der Waals surface area (Å²) in [5.41, 5.74) is 2.66. The van der Waals surface area contributed by atoms with Crippen LogP contribution in [0, 0.1) is 0 Å². The molecule has 0 saturated carbocycles. The van der Waals surface area contributed by atoms with E-state index < -0.39 is 17.7 Å². The molecular weight excluding hydrogens is 346 g/mol. The Hall–Kier alpha value is -3.35. The smallest absolute Gasteiger partial charge is 0.407 e. The second-order valence-corrected chi connectivity index (χ2v) is 7.17. The highest BCUT2D eigenvalue weighted by atomic mass is 16.6. The van der Waals surface area contributed by atoms with Crippen LogP contribution in [0.5, 0.6) is 0 Å². The van der Waals surface area contributed by atoms with Crippen LogP contribution in [-0.4, -0.2) is 32.2 Å². The molecule has 3 aromatic rings. The molecular formula is C20H21N3O4. The highest BCUT2D eigenvalue weighted by Gasteiger charge is 2.16. The van der Waals surface area contributed by atoms with Crippen LogP contribution in [0.25, 0.3) is 16.9 Å². The summed E-state index contributed by atoms with van der Waals surface area (Å²) in [6.45, 7) is 5.75. The van der Waals surface area contributed by atoms with Crippen LogP contribution < -0.4 is 5.32 Å². The third-order valence-corrected chi connectivity index (χ3v) is 3.77. The summed E-state index contributed by atoms with van der Waals surface area (Å²) in [4.78, 5) is 27.5. The number of imidazole rings is 1. The Labute approximate surface area is 156 Å². The van der Waals surface area contributed by atoms with E-state index in [1.165, 1.54) is 0 Å². The number of ether oxygens (including phenoxy) is 1. The summed E-state index contributed by atoms with van der Waals surface area (Å²) in [5.74, 6) is -0.976. The van der Waals surface area contributed by atoms with Crippen molar-refractivity contribution in [2.24, 2.45) is 0 Å². The number of carbonyl (C=O) groups excluding carboxylic acids is 1. The lowest BCUT2D eigenvalue weighted by Crippen LogP contribution is -2.32. The molecule has 2 heterocycles. The average Bonchev–Trinajstić information content (AvgIpc) is 3.02. The number of carboxylic acids is 1. The minimum atomic E-state index is -0.976. The van der Waals surface area contributed by atoms with Crippen LogP contribution in [0.3, 0.4) is 0 Å². The first-order chi connectivity index (χ1) is 12.7. The van der Waals surface area contributed by atoms with Gasteiger partial charge in [-0.25, -0.2) is 14.6 Å². The van der Waals surface area contributed by atoms with Gasteiger partial charge in [0.25, 0.3) is 0 Å². The normalized spacial score (nSPS) is 11.4. The van der Waals surface area contributed by atoms with E-state index in [9.17, 15) is 9.59 Å². The minimum Gasteiger partial charge on any atom is -0.478 e. The summed E-state index contributed by atoms with van der Waals surface area (Å²) in [7, 11) is 0. The molecule has 0 aliphatic heterocycles. The van der Waals surface area contributed by atoms with Crippen molar-refractivity contribution < 1.29 is 19.4 Å². The molecule has 0 aliphatic rings. The molecule has 3 rings (SSSR count). The van der Waals surface area contributed by atoms with Gasteiger partial charge in [-0.3, -0.25) is 0 Å². The van der Waals surface area contributed by atoms with E-state index >= 15 is 0 Å². The van der Waals surface area contributed by atoms with Gasteiger partial charge in [-0.05, 0) is 50.6 Å². The van der Waals surface area contributed by atoms with E-state index in [1.54, 1.807) is 18.2 Å². The number of aromatic carboxylic acids is 1. The van der Waals surface area contributed by atoms with E-state index in [2.05, 4.69) is 10.3 Å². The molecule has 0 bridgehead atoms. The van der Waals surface area contributed by atoms with Crippen molar-refractivity contribution in [3.8, 4) is 11.3 Å². The molecule has 27 heavy (non-hydrogen) atoms. The van der Waals surface area contributed by atoms with E-state index in [0.29, 0.717) is 17.9 Å². The van der Waals surface area contributed by atoms with Gasteiger partial charge in [0.1, 0.15) is 11.2 Å². The number of rotatable bonds is 4. The van der Waals surface area contributed by atoms with Gasteiger partial charge in [0.2, 0.25) is 0 Å². The highest BCUT2D eigenvalue weighted by molar-refractivity contribution is 5.89. The summed E-state index contributed by atoms with van der Waals surface area (Å²) < 4.78 is 7.07. The fourth-order valence-corrected chi connectivity index (χ4v) is 2.57. The standard InChI is InChI=1S/C20H21N3O4/c1-20(2,3)27-19(26)21-11-13-7-8-23-12-16(22-17(23)9-13)14-5-4-6-15(10-14)18(24)25/h4-10,12H,11H2,1-3H3,(H,21,26)(H,24,25). The number of carboxylic acid groups (broad SMARTS) is 1. The summed E-state index contributed by atoms with van der Waals surface area (Å²) >= 11 is 0. The van der Waals surface area contributed by atoms with Crippen LogP contribution in [0.15, 0.2) is 48.8 Å². The van der Waals surface area contributed by atoms with Crippen molar-refractivity contribution in [1.29, 1.82) is 0 Å². The third kappa shape index (κ3) is 4.63. The number of amides is 1. The van der Waals surface area contributed by atoms with E-state index in [1.807, 2.05) is 55.8 Å². The quantitative estimate of drug-likeness (QED) is 0.733. The zero-order chi connectivity index (χ0) is 19.6. The van der Waals surface area contributed by atoms with Crippen LogP contribution >= 0.6 is 0 Å². The van der Waals surface area contributed by atoms with Crippen molar-refractivity contribution >= 4 is 17.7 Å². The second kappa shape index (κ2) is 7.11. The van der Waals surface area contributed by atoms with Crippen molar-refractivity contribution in [2.75, 3.05) is 0 Å². The Balaban J connectivity index is 1.78. The molecule has 7 nitrogen and oxygen atoms in total. The molecule has 1 amide bonds. The number of benzene rings is 1. The van der Waals surface area contributed by atoms with Gasteiger partial charge < -0.3 is 19.6 Å². The van der Waals surface area contributed by atoms with Gasteiger partial charge >= 0.3 is 12.1 Å². The lowest BCUT2D eigenvalue weighted by Gasteiger charge is -2.19. The van der Waals surface area contributed by atoms with Gasteiger partial charge in [-0.15, -0.1) is 0 Å². The van der Waals surface area contributed by atoms with E-state index in [4.69, 9.17) is 9.84 Å². The topological polar surface area (TPSA) is 92.9 Å². The van der Waals surface area contributed by atoms with E-state index in [0.717, 1.165) is 11.1 Å². The maximum atomic E-state index is 11.8. The molecule has 2 aromatic heterocycles. The number of fused-ring (bicyclic) bond motifs is 1. The summed E-state index contributed by atoms with van der Waals surface area (Å²) in [5, 5.41) is 11.9. The largest absolute Gasteiger partial charge is 0.478 e. The first kappa shape index (κ1) is 18.4. The number of alkyl carbamates (subject to hydrolysis) is 1. The molecule has 2 N–H and O–H groups in total. The number of hydrogen-bond acceptors (Lipinski definition) is 4. The molecule has 0 saturated heterocycles. The Kier molecular flexibility index (Phi) is 4.85. The van der Waals surface area contributed by atoms with Gasteiger partial charge in [0.05, 0.1) is 11.3 Å². The van der Waals surface area contributed by atoms with Crippen molar-refractivity contribution in [3.63, 3.8) is 0 Å². The molecule has 0 aliphatic carbocycles. The molecule has 0 atom stereocenters. The lowest BCUT2D eigenvalue weighted by atomic mass is 10.1. The second-order valence-electron chi connectivity index (χ2n) is 7.17. The number of aromatic nitrogens is 2. The van der Waals surface area contributed by atoms with Gasteiger partial charge in [-0.1, -0.05) is 12.1 Å². The van der Waals surface area contributed by atoms with Crippen molar-refractivity contribution in [1.82, 2.24) is 14.7 Å². The number of carbonyl (C=O) groups is 2. The number of nitrogens with one attached hydrogen (secondary N) is 1. The molecule has 1 aromatic carbocycles. The Bertz CT molecular complexity index is 1000. The molecule has 140 valence electrons. The van der Waals surface area contributed by atoms with Crippen LogP contribution in [0.4, 0.5) is 4.79 Å². The predicted molar refractivity (Wildman–Crippen MR) is 101 cm³/mol. The monoisotopic (exact) mass is 367 g/mol. The molecule has 0 radical (unpaired) electrons. The number of nitrogens with zero attached hydrogens (tertiary/aromatic N) is 2. The first-order valence-electron chi connectivity index (χ1n) is 8.49. The van der Waals surface area contributed by atoms with Crippen molar-refractivity contribution in [3.05, 3.63) is 59.9 Å². The maximum Gasteiger partial charge on any atom is 0.407 e. The van der Waals surface area contributed by atoms with E-state index in [-0.39, 0.29) is 5.56 Å². The number of pyridine rings is 1. The number of hydrogen-bond donors (Lipinski definition) is 2. The Morgan fingerprint density at radius 2 is 2.00 bits per heavy atom. The Morgan fingerprint density at radius 3 is 2.70 bits per heavy atom. The van der Waals surface area contributed by atoms with Crippen LogP contribution in [0.2, 0.25) is 0 Å². The minimum absolute atomic E-state index is 0.215. The zero-order valence-corrected chi connectivity index (χ0v) is 15.4. The maximum absolute atomic E-state index is 11.8. The fourth-order valence-electron chi connectivity index (χ4n) is 2.57. The Morgan fingerprint density at radius 1 is 1.22 bits per heavy atom. The highest BCUT2D eigenvalue weighted by Crippen LogP contribution is 2.21. The molecule has 0 unspecified atom stereocenters. The average molecular weight is 367 g/mol. The van der Waals surface area contributed by atoms with Crippen LogP contribution in [-0.2, 0) is 11.3 Å². The predicted octanol–water partition coefficient (Wildman–Crippen LogP) is 3.72. The lowest BCUT2D eigenvalue weighted by molar-refractivity contribution is 0.0523. The zero-order valence-electron chi connectivity index (χ0n) is 15.4.